The quantitative estimate of drug-likeness (QED) is 0.159. The molecule has 0 saturated carbocycles. The molecule has 186 valence electrons. The van der Waals surface area contributed by atoms with E-state index in [-0.39, 0.29) is 0 Å². The maximum atomic E-state index is 10.0. The Balaban J connectivity index is 2.10. The number of quaternary nitrogens is 1. The van der Waals surface area contributed by atoms with Gasteiger partial charge in [-0.1, -0.05) is 57.7 Å². The van der Waals surface area contributed by atoms with Gasteiger partial charge in [-0.05, 0) is 18.9 Å². The van der Waals surface area contributed by atoms with Crippen molar-refractivity contribution in [2.75, 3.05) is 40.9 Å². The molecular weight excluding hydrogens is 414 g/mol. The Bertz CT molecular complexity index is 471. The summed E-state index contributed by atoms with van der Waals surface area (Å²) in [5, 5.41) is 39.0. The smallest absolute Gasteiger partial charge is 0.186 e. The van der Waals surface area contributed by atoms with E-state index >= 15 is 0 Å². The molecule has 31 heavy (non-hydrogen) atoms. The second-order valence-corrected chi connectivity index (χ2v) is 16.4. The summed E-state index contributed by atoms with van der Waals surface area (Å²) in [6.07, 6.45) is 4.66. The number of aliphatic hydroxyl groups is 4. The second-order valence-electron chi connectivity index (χ2n) is 11.1. The van der Waals surface area contributed by atoms with E-state index in [4.69, 9.17) is 9.47 Å². The van der Waals surface area contributed by atoms with Gasteiger partial charge in [-0.15, -0.1) is 0 Å². The van der Waals surface area contributed by atoms with Gasteiger partial charge in [-0.2, -0.15) is 0 Å². The highest BCUT2D eigenvalue weighted by Crippen LogP contribution is 2.24. The molecule has 8 heteroatoms. The molecule has 5 atom stereocenters. The third-order valence-corrected chi connectivity index (χ3v) is 9.61. The van der Waals surface area contributed by atoms with Gasteiger partial charge in [-0.3, -0.25) is 0 Å². The third-order valence-electron chi connectivity index (χ3n) is 6.34. The molecule has 0 aliphatic carbocycles. The maximum Gasteiger partial charge on any atom is 0.186 e. The summed E-state index contributed by atoms with van der Waals surface area (Å²) < 4.78 is 12.1. The molecule has 1 fully saturated rings. The van der Waals surface area contributed by atoms with Crippen molar-refractivity contribution in [3.05, 3.63) is 0 Å². The summed E-state index contributed by atoms with van der Waals surface area (Å²) in [7, 11) is 5.37. The molecule has 0 amide bonds. The lowest BCUT2D eigenvalue weighted by Crippen LogP contribution is -2.59. The molecule has 1 rings (SSSR count). The van der Waals surface area contributed by atoms with Crippen molar-refractivity contribution in [2.24, 2.45) is 0 Å². The molecule has 1 saturated heterocycles. The fourth-order valence-corrected chi connectivity index (χ4v) is 6.16. The number of unbranched alkanes of at least 4 members (excludes halogenated alkanes) is 7. The molecule has 5 unspecified atom stereocenters. The Labute approximate surface area is 191 Å². The lowest BCUT2D eigenvalue weighted by atomic mass is 9.99. The van der Waals surface area contributed by atoms with Crippen LogP contribution >= 0.6 is 0 Å². The van der Waals surface area contributed by atoms with Crippen molar-refractivity contribution in [1.29, 1.82) is 0 Å². The molecule has 1 aliphatic heterocycles. The Morgan fingerprint density at radius 2 is 1.32 bits per heavy atom. The Morgan fingerprint density at radius 1 is 0.774 bits per heavy atom. The summed E-state index contributed by atoms with van der Waals surface area (Å²) in [4.78, 5) is 0. The van der Waals surface area contributed by atoms with Crippen LogP contribution in [0.15, 0.2) is 0 Å². The Hall–Kier alpha value is -0.0631. The second kappa shape index (κ2) is 14.3. The summed E-state index contributed by atoms with van der Waals surface area (Å²) in [6.45, 7) is 6.00. The standard InChI is InChI=1S/C23H50NO6Si/c1-24(2,3)14-12-10-8-6-7-9-11-13-16-31(4,5)17-15-29-23-22(28)21(27)20(26)19(18-25)30-23/h19-23,25-28H,6-18H2,1-5H3/q+1. The van der Waals surface area contributed by atoms with Crippen molar-refractivity contribution >= 4 is 8.07 Å². The van der Waals surface area contributed by atoms with Crippen molar-refractivity contribution in [2.45, 2.75) is 107 Å². The van der Waals surface area contributed by atoms with E-state index in [1.54, 1.807) is 0 Å². The molecule has 1 aliphatic rings. The maximum absolute atomic E-state index is 10.0. The first-order valence-corrected chi connectivity index (χ1v) is 15.6. The average molecular weight is 465 g/mol. The highest BCUT2D eigenvalue weighted by atomic mass is 28.3. The van der Waals surface area contributed by atoms with Gasteiger partial charge >= 0.3 is 0 Å². The molecule has 0 aromatic heterocycles. The molecule has 0 bridgehead atoms. The fourth-order valence-electron chi connectivity index (χ4n) is 4.03. The predicted molar refractivity (Wildman–Crippen MR) is 127 cm³/mol. The third kappa shape index (κ3) is 12.1. The van der Waals surface area contributed by atoms with E-state index in [1.165, 1.54) is 64.0 Å². The van der Waals surface area contributed by atoms with Crippen molar-refractivity contribution in [3.8, 4) is 0 Å². The van der Waals surface area contributed by atoms with E-state index in [0.29, 0.717) is 6.61 Å². The van der Waals surface area contributed by atoms with Crippen LogP contribution in [0.1, 0.15) is 51.4 Å². The van der Waals surface area contributed by atoms with E-state index in [9.17, 15) is 20.4 Å². The first-order valence-electron chi connectivity index (χ1n) is 12.2. The van der Waals surface area contributed by atoms with Crippen LogP contribution in [0.25, 0.3) is 0 Å². The summed E-state index contributed by atoms with van der Waals surface area (Å²) in [5.74, 6) is 0. The Morgan fingerprint density at radius 3 is 1.87 bits per heavy atom. The van der Waals surface area contributed by atoms with E-state index in [2.05, 4.69) is 34.2 Å². The molecular formula is C23H50NO6Si+. The number of rotatable bonds is 16. The molecule has 4 N–H and O–H groups in total. The minimum absolute atomic E-state index is 0.429. The number of aliphatic hydroxyl groups excluding tert-OH is 4. The highest BCUT2D eigenvalue weighted by Gasteiger charge is 2.44. The van der Waals surface area contributed by atoms with Crippen LogP contribution in [0.3, 0.4) is 0 Å². The minimum Gasteiger partial charge on any atom is -0.394 e. The van der Waals surface area contributed by atoms with Gasteiger partial charge in [0.05, 0.1) is 34.3 Å². The molecule has 1 heterocycles. The summed E-state index contributed by atoms with van der Waals surface area (Å²) in [5.41, 5.74) is 0. The van der Waals surface area contributed by atoms with Gasteiger partial charge in [0, 0.05) is 14.7 Å². The van der Waals surface area contributed by atoms with Gasteiger partial charge in [0.15, 0.2) is 6.29 Å². The van der Waals surface area contributed by atoms with Gasteiger partial charge in [0.1, 0.15) is 24.4 Å². The topological polar surface area (TPSA) is 99.4 Å². The van der Waals surface area contributed by atoms with Gasteiger partial charge < -0.3 is 34.4 Å². The van der Waals surface area contributed by atoms with E-state index in [1.807, 2.05) is 0 Å². The van der Waals surface area contributed by atoms with Gasteiger partial charge in [-0.25, -0.2) is 0 Å². The first kappa shape index (κ1) is 29.0. The normalized spacial score (nSPS) is 27.6. The predicted octanol–water partition coefficient (Wildman–Crippen LogP) is 2.34. The number of hydrogen-bond donors (Lipinski definition) is 4. The van der Waals surface area contributed by atoms with Crippen LogP contribution in [0.5, 0.6) is 0 Å². The lowest BCUT2D eigenvalue weighted by molar-refractivity contribution is -0.870. The summed E-state index contributed by atoms with van der Waals surface area (Å²) >= 11 is 0. The van der Waals surface area contributed by atoms with Crippen LogP contribution in [-0.4, -0.2) is 105 Å². The van der Waals surface area contributed by atoms with Gasteiger partial charge in [0.25, 0.3) is 0 Å². The molecule has 7 nitrogen and oxygen atoms in total. The van der Waals surface area contributed by atoms with Crippen LogP contribution in [-0.2, 0) is 9.47 Å². The van der Waals surface area contributed by atoms with E-state index in [0.717, 1.165) is 10.5 Å². The lowest BCUT2D eigenvalue weighted by Gasteiger charge is -2.39. The van der Waals surface area contributed by atoms with Crippen LogP contribution in [0.2, 0.25) is 25.2 Å². The first-order chi connectivity index (χ1) is 14.5. The van der Waals surface area contributed by atoms with Gasteiger partial charge in [0.2, 0.25) is 0 Å². The van der Waals surface area contributed by atoms with Crippen LogP contribution in [0, 0.1) is 0 Å². The highest BCUT2D eigenvalue weighted by molar-refractivity contribution is 6.77. The molecule has 0 radical (unpaired) electrons. The molecule has 0 spiro atoms. The summed E-state index contributed by atoms with van der Waals surface area (Å²) in [6, 6.07) is 2.21. The monoisotopic (exact) mass is 464 g/mol. The number of nitrogens with zero attached hydrogens (tertiary/aromatic N) is 1. The van der Waals surface area contributed by atoms with Crippen molar-refractivity contribution in [3.63, 3.8) is 0 Å². The minimum atomic E-state index is -1.39. The number of ether oxygens (including phenoxy) is 2. The van der Waals surface area contributed by atoms with Crippen LogP contribution in [0.4, 0.5) is 0 Å². The zero-order chi connectivity index (χ0) is 23.5. The zero-order valence-electron chi connectivity index (χ0n) is 20.6. The van der Waals surface area contributed by atoms with E-state index < -0.39 is 45.4 Å². The molecule has 0 aromatic rings. The largest absolute Gasteiger partial charge is 0.394 e. The van der Waals surface area contributed by atoms with Crippen molar-refractivity contribution in [1.82, 2.24) is 0 Å². The molecule has 0 aromatic carbocycles. The Kier molecular flexibility index (Phi) is 13.3. The van der Waals surface area contributed by atoms with Crippen molar-refractivity contribution < 1.29 is 34.4 Å². The average Bonchev–Trinajstić information content (AvgIpc) is 2.68. The number of hydrogen-bond acceptors (Lipinski definition) is 6. The SMILES string of the molecule is C[N+](C)(C)CCCCCCCCCC[Si](C)(C)CCOC1OC(CO)C(O)C(O)C1O. The fraction of sp³-hybridized carbons (Fsp3) is 1.00. The van der Waals surface area contributed by atoms with Crippen LogP contribution < -0.4 is 0 Å². The zero-order valence-corrected chi connectivity index (χ0v) is 21.6.